The lowest BCUT2D eigenvalue weighted by Crippen LogP contribution is -2.44. The first-order valence-corrected chi connectivity index (χ1v) is 5.58. The fourth-order valence-corrected chi connectivity index (χ4v) is 1.72. The fourth-order valence-electron chi connectivity index (χ4n) is 1.72. The molecule has 1 rings (SSSR count). The number of nitrogens with zero attached hydrogens (tertiary/aromatic N) is 4. The van der Waals surface area contributed by atoms with Crippen molar-refractivity contribution >= 4 is 11.8 Å². The van der Waals surface area contributed by atoms with Gasteiger partial charge in [-0.05, 0) is 17.5 Å². The third kappa shape index (κ3) is 3.36. The van der Waals surface area contributed by atoms with Crippen LogP contribution in [0.25, 0.3) is 10.4 Å². The highest BCUT2D eigenvalue weighted by molar-refractivity contribution is 5.88. The summed E-state index contributed by atoms with van der Waals surface area (Å²) in [6, 6.07) is -0.668. The van der Waals surface area contributed by atoms with Crippen LogP contribution in [0, 0.1) is 0 Å². The van der Waals surface area contributed by atoms with Crippen LogP contribution in [0.5, 0.6) is 0 Å². The summed E-state index contributed by atoms with van der Waals surface area (Å²) in [6.07, 6.45) is 5.54. The second-order valence-electron chi connectivity index (χ2n) is 3.83. The SMILES string of the molecule is CCC(C(N)=O)N1C=C(CN=[N+]=[N-])C=CCC1=O. The Hall–Kier alpha value is -2.27. The van der Waals surface area contributed by atoms with E-state index in [0.29, 0.717) is 12.0 Å². The van der Waals surface area contributed by atoms with Gasteiger partial charge < -0.3 is 10.6 Å². The van der Waals surface area contributed by atoms with Gasteiger partial charge in [-0.3, -0.25) is 9.59 Å². The quantitative estimate of drug-likeness (QED) is 0.448. The molecule has 0 saturated carbocycles. The van der Waals surface area contributed by atoms with Gasteiger partial charge in [-0.1, -0.05) is 24.2 Å². The molecule has 7 nitrogen and oxygen atoms in total. The number of amides is 2. The Bertz CT molecular complexity index is 448. The minimum Gasteiger partial charge on any atom is -0.368 e. The molecule has 18 heavy (non-hydrogen) atoms. The largest absolute Gasteiger partial charge is 0.368 e. The molecule has 2 amide bonds. The molecule has 0 bridgehead atoms. The summed E-state index contributed by atoms with van der Waals surface area (Å²) in [4.78, 5) is 27.1. The minimum atomic E-state index is -0.668. The van der Waals surface area contributed by atoms with Crippen molar-refractivity contribution in [1.29, 1.82) is 0 Å². The minimum absolute atomic E-state index is 0.131. The summed E-state index contributed by atoms with van der Waals surface area (Å²) < 4.78 is 0. The molecule has 0 saturated heterocycles. The second kappa shape index (κ2) is 6.46. The van der Waals surface area contributed by atoms with Crippen molar-refractivity contribution in [2.24, 2.45) is 10.8 Å². The molecule has 0 fully saturated rings. The molecule has 0 aromatic heterocycles. The van der Waals surface area contributed by atoms with Gasteiger partial charge in [0.25, 0.3) is 0 Å². The number of hydrogen-bond acceptors (Lipinski definition) is 3. The smallest absolute Gasteiger partial charge is 0.240 e. The molecule has 0 aliphatic carbocycles. The van der Waals surface area contributed by atoms with Crippen LogP contribution in [0.1, 0.15) is 19.8 Å². The van der Waals surface area contributed by atoms with E-state index >= 15 is 0 Å². The van der Waals surface area contributed by atoms with E-state index in [2.05, 4.69) is 10.0 Å². The Balaban J connectivity index is 3.02. The van der Waals surface area contributed by atoms with Gasteiger partial charge >= 0.3 is 0 Å². The Morgan fingerprint density at radius 3 is 3.00 bits per heavy atom. The van der Waals surface area contributed by atoms with Crippen molar-refractivity contribution in [3.8, 4) is 0 Å². The van der Waals surface area contributed by atoms with E-state index in [4.69, 9.17) is 11.3 Å². The van der Waals surface area contributed by atoms with Crippen LogP contribution >= 0.6 is 0 Å². The van der Waals surface area contributed by atoms with Crippen LogP contribution in [-0.4, -0.2) is 29.3 Å². The molecule has 0 aromatic rings. The lowest BCUT2D eigenvalue weighted by atomic mass is 10.1. The Kier molecular flexibility index (Phi) is 4.95. The van der Waals surface area contributed by atoms with Gasteiger partial charge in [0, 0.05) is 17.5 Å². The Morgan fingerprint density at radius 2 is 2.44 bits per heavy atom. The first kappa shape index (κ1) is 13.8. The first-order valence-electron chi connectivity index (χ1n) is 5.58. The first-order chi connectivity index (χ1) is 8.60. The molecule has 2 N–H and O–H groups in total. The van der Waals surface area contributed by atoms with Crippen LogP contribution in [0.3, 0.4) is 0 Å². The third-order valence-electron chi connectivity index (χ3n) is 2.58. The molecule has 1 heterocycles. The Labute approximate surface area is 105 Å². The van der Waals surface area contributed by atoms with Gasteiger partial charge in [0.2, 0.25) is 11.8 Å². The summed E-state index contributed by atoms with van der Waals surface area (Å²) >= 11 is 0. The highest BCUT2D eigenvalue weighted by Gasteiger charge is 2.25. The fraction of sp³-hybridized carbons (Fsp3) is 0.455. The zero-order valence-corrected chi connectivity index (χ0v) is 10.1. The predicted octanol–water partition coefficient (Wildman–Crippen LogP) is 1.23. The van der Waals surface area contributed by atoms with E-state index in [-0.39, 0.29) is 18.9 Å². The number of primary amides is 1. The topological polar surface area (TPSA) is 112 Å². The molecule has 1 unspecified atom stereocenters. The van der Waals surface area contributed by atoms with Crippen molar-refractivity contribution in [2.45, 2.75) is 25.8 Å². The number of nitrogens with two attached hydrogens (primary N) is 1. The molecular formula is C11H15N5O2. The van der Waals surface area contributed by atoms with Crippen molar-refractivity contribution < 1.29 is 9.59 Å². The molecular weight excluding hydrogens is 234 g/mol. The number of rotatable bonds is 5. The molecule has 7 heteroatoms. The molecule has 1 aliphatic heterocycles. The van der Waals surface area contributed by atoms with E-state index < -0.39 is 11.9 Å². The van der Waals surface area contributed by atoms with Gasteiger partial charge in [-0.15, -0.1) is 0 Å². The van der Waals surface area contributed by atoms with Crippen molar-refractivity contribution in [3.63, 3.8) is 0 Å². The molecule has 96 valence electrons. The summed E-state index contributed by atoms with van der Waals surface area (Å²) in [7, 11) is 0. The van der Waals surface area contributed by atoms with Gasteiger partial charge in [0.05, 0.1) is 6.54 Å². The highest BCUT2D eigenvalue weighted by Crippen LogP contribution is 2.15. The van der Waals surface area contributed by atoms with Crippen LogP contribution in [0.15, 0.2) is 29.0 Å². The van der Waals surface area contributed by atoms with Crippen LogP contribution in [0.4, 0.5) is 0 Å². The van der Waals surface area contributed by atoms with Crippen molar-refractivity contribution in [1.82, 2.24) is 4.90 Å². The lowest BCUT2D eigenvalue weighted by molar-refractivity contribution is -0.135. The summed E-state index contributed by atoms with van der Waals surface area (Å²) in [5, 5.41) is 3.43. The van der Waals surface area contributed by atoms with E-state index in [0.717, 1.165) is 0 Å². The molecule has 0 radical (unpaired) electrons. The average Bonchev–Trinajstić information content (AvgIpc) is 2.50. The monoisotopic (exact) mass is 249 g/mol. The zero-order valence-electron chi connectivity index (χ0n) is 10.1. The maximum absolute atomic E-state index is 11.9. The van der Waals surface area contributed by atoms with E-state index in [1.165, 1.54) is 11.1 Å². The van der Waals surface area contributed by atoms with Crippen molar-refractivity contribution in [2.75, 3.05) is 6.54 Å². The summed E-state index contributed by atoms with van der Waals surface area (Å²) in [5.74, 6) is -0.750. The maximum Gasteiger partial charge on any atom is 0.240 e. The zero-order chi connectivity index (χ0) is 13.5. The van der Waals surface area contributed by atoms with Gasteiger partial charge in [0.1, 0.15) is 6.04 Å². The number of carbonyl (C=O) groups excluding carboxylic acids is 2. The summed E-state index contributed by atoms with van der Waals surface area (Å²) in [6.45, 7) is 1.91. The number of azide groups is 1. The Morgan fingerprint density at radius 1 is 1.72 bits per heavy atom. The van der Waals surface area contributed by atoms with Gasteiger partial charge in [-0.2, -0.15) is 0 Å². The van der Waals surface area contributed by atoms with Crippen LogP contribution in [0.2, 0.25) is 0 Å². The molecule has 1 atom stereocenters. The lowest BCUT2D eigenvalue weighted by Gasteiger charge is -2.25. The molecule has 0 spiro atoms. The van der Waals surface area contributed by atoms with Gasteiger partial charge in [0.15, 0.2) is 0 Å². The second-order valence-corrected chi connectivity index (χ2v) is 3.83. The van der Waals surface area contributed by atoms with E-state index in [1.807, 2.05) is 0 Å². The van der Waals surface area contributed by atoms with Crippen LogP contribution < -0.4 is 5.73 Å². The van der Waals surface area contributed by atoms with E-state index in [9.17, 15) is 9.59 Å². The number of hydrogen-bond donors (Lipinski definition) is 1. The third-order valence-corrected chi connectivity index (χ3v) is 2.58. The van der Waals surface area contributed by atoms with Crippen molar-refractivity contribution in [3.05, 3.63) is 34.4 Å². The average molecular weight is 249 g/mol. The number of carbonyl (C=O) groups is 2. The molecule has 1 aliphatic rings. The molecule has 0 aromatic carbocycles. The normalized spacial score (nSPS) is 16.6. The van der Waals surface area contributed by atoms with Gasteiger partial charge in [-0.25, -0.2) is 0 Å². The summed E-state index contributed by atoms with van der Waals surface area (Å²) in [5.41, 5.74) is 14.2. The standard InChI is InChI=1S/C11H15N5O2/c1-2-9(11(12)18)16-7-8(6-14-15-13)4-3-5-10(16)17/h3-4,7,9H,2,5-6H2,1H3,(H2,12,18). The highest BCUT2D eigenvalue weighted by atomic mass is 16.2. The van der Waals surface area contributed by atoms with Crippen LogP contribution in [-0.2, 0) is 9.59 Å². The van der Waals surface area contributed by atoms with E-state index in [1.54, 1.807) is 19.1 Å². The predicted molar refractivity (Wildman–Crippen MR) is 66.0 cm³/mol. The maximum atomic E-state index is 11.9.